The van der Waals surface area contributed by atoms with Gasteiger partial charge in [-0.2, -0.15) is 0 Å². The van der Waals surface area contributed by atoms with E-state index in [0.29, 0.717) is 6.04 Å². The van der Waals surface area contributed by atoms with E-state index in [1.165, 1.54) is 0 Å². The quantitative estimate of drug-likeness (QED) is 0.891. The fourth-order valence-electron chi connectivity index (χ4n) is 1.98. The number of aromatic nitrogens is 2. The molecule has 0 spiro atoms. The van der Waals surface area contributed by atoms with Crippen molar-refractivity contribution in [1.82, 2.24) is 14.9 Å². The largest absolute Gasteiger partial charge is 0.338 e. The fraction of sp³-hybridized carbons (Fsp3) is 0.636. The van der Waals surface area contributed by atoms with Crippen molar-refractivity contribution in [2.45, 2.75) is 13.0 Å². The first-order chi connectivity index (χ1) is 8.20. The van der Waals surface area contributed by atoms with Crippen molar-refractivity contribution in [3.05, 3.63) is 16.9 Å². The van der Waals surface area contributed by atoms with Crippen LogP contribution in [-0.2, 0) is 0 Å². The van der Waals surface area contributed by atoms with Crippen molar-refractivity contribution in [1.29, 1.82) is 0 Å². The zero-order valence-corrected chi connectivity index (χ0v) is 11.6. The molecule has 0 bridgehead atoms. The Labute approximate surface area is 110 Å². The minimum Gasteiger partial charge on any atom is -0.338 e. The Kier molecular flexibility index (Phi) is 4.31. The molecular weight excluding hydrogens is 282 g/mol. The van der Waals surface area contributed by atoms with Crippen molar-refractivity contribution in [2.24, 2.45) is 5.73 Å². The third-order valence-electron chi connectivity index (χ3n) is 3.17. The van der Waals surface area contributed by atoms with Crippen LogP contribution in [0.25, 0.3) is 0 Å². The molecule has 2 N–H and O–H groups in total. The highest BCUT2D eigenvalue weighted by molar-refractivity contribution is 9.10. The Morgan fingerprint density at radius 2 is 1.88 bits per heavy atom. The molecule has 5 nitrogen and oxygen atoms in total. The lowest BCUT2D eigenvalue weighted by atomic mass is 10.2. The molecule has 1 fully saturated rings. The van der Waals surface area contributed by atoms with Gasteiger partial charge >= 0.3 is 0 Å². The number of halogens is 1. The van der Waals surface area contributed by atoms with Gasteiger partial charge in [0.15, 0.2) is 0 Å². The summed E-state index contributed by atoms with van der Waals surface area (Å²) >= 11 is 3.34. The van der Waals surface area contributed by atoms with E-state index < -0.39 is 0 Å². The van der Waals surface area contributed by atoms with Crippen LogP contribution in [0.4, 0.5) is 5.95 Å². The van der Waals surface area contributed by atoms with E-state index in [2.05, 4.69) is 42.6 Å². The number of hydrogen-bond acceptors (Lipinski definition) is 5. The number of nitrogens with zero attached hydrogens (tertiary/aromatic N) is 4. The summed E-state index contributed by atoms with van der Waals surface area (Å²) in [5, 5.41) is 0. The van der Waals surface area contributed by atoms with Crippen LogP contribution in [0.5, 0.6) is 0 Å². The molecule has 1 aromatic rings. The highest BCUT2D eigenvalue weighted by Gasteiger charge is 2.21. The summed E-state index contributed by atoms with van der Waals surface area (Å²) in [7, 11) is 0. The lowest BCUT2D eigenvalue weighted by Gasteiger charge is -2.37. The summed E-state index contributed by atoms with van der Waals surface area (Å²) in [6.45, 7) is 6.87. The average Bonchev–Trinajstić information content (AvgIpc) is 2.39. The van der Waals surface area contributed by atoms with E-state index in [-0.39, 0.29) is 0 Å². The summed E-state index contributed by atoms with van der Waals surface area (Å²) in [4.78, 5) is 13.3. The number of anilines is 1. The van der Waals surface area contributed by atoms with Crippen molar-refractivity contribution in [2.75, 3.05) is 37.6 Å². The molecule has 1 aromatic heterocycles. The topological polar surface area (TPSA) is 58.3 Å². The van der Waals surface area contributed by atoms with Gasteiger partial charge in [0.25, 0.3) is 0 Å². The number of rotatable bonds is 3. The normalized spacial score (nSPS) is 19.4. The van der Waals surface area contributed by atoms with Gasteiger partial charge in [0, 0.05) is 51.2 Å². The summed E-state index contributed by atoms with van der Waals surface area (Å²) < 4.78 is 0.914. The van der Waals surface area contributed by atoms with Crippen LogP contribution in [0.3, 0.4) is 0 Å². The van der Waals surface area contributed by atoms with E-state index in [9.17, 15) is 0 Å². The van der Waals surface area contributed by atoms with Crippen LogP contribution in [0.15, 0.2) is 16.9 Å². The van der Waals surface area contributed by atoms with Crippen molar-refractivity contribution in [3.8, 4) is 0 Å². The smallest absolute Gasteiger partial charge is 0.225 e. The van der Waals surface area contributed by atoms with Gasteiger partial charge in [-0.25, -0.2) is 9.97 Å². The molecule has 0 amide bonds. The first-order valence-corrected chi connectivity index (χ1v) is 6.66. The third kappa shape index (κ3) is 3.14. The summed E-state index contributed by atoms with van der Waals surface area (Å²) in [5.41, 5.74) is 5.68. The van der Waals surface area contributed by atoms with Gasteiger partial charge in [0.1, 0.15) is 0 Å². The highest BCUT2D eigenvalue weighted by atomic mass is 79.9. The molecule has 1 unspecified atom stereocenters. The Morgan fingerprint density at radius 1 is 1.29 bits per heavy atom. The van der Waals surface area contributed by atoms with Crippen LogP contribution >= 0.6 is 15.9 Å². The molecule has 1 aliphatic rings. The minimum atomic E-state index is 0.461. The lowest BCUT2D eigenvalue weighted by Crippen LogP contribution is -2.51. The molecule has 1 atom stereocenters. The predicted molar refractivity (Wildman–Crippen MR) is 72.0 cm³/mol. The second-order valence-corrected chi connectivity index (χ2v) is 5.22. The monoisotopic (exact) mass is 299 g/mol. The molecular formula is C11H18BrN5. The van der Waals surface area contributed by atoms with E-state index in [4.69, 9.17) is 5.73 Å². The van der Waals surface area contributed by atoms with E-state index in [1.54, 1.807) is 12.4 Å². The molecule has 6 heteroatoms. The van der Waals surface area contributed by atoms with Crippen LogP contribution in [-0.4, -0.2) is 53.6 Å². The number of hydrogen-bond donors (Lipinski definition) is 1. The van der Waals surface area contributed by atoms with Crippen molar-refractivity contribution < 1.29 is 0 Å². The van der Waals surface area contributed by atoms with Crippen LogP contribution in [0.1, 0.15) is 6.92 Å². The number of piperazine rings is 1. The van der Waals surface area contributed by atoms with Gasteiger partial charge in [-0.05, 0) is 22.9 Å². The molecule has 94 valence electrons. The van der Waals surface area contributed by atoms with Gasteiger partial charge in [-0.3, -0.25) is 4.90 Å². The molecule has 1 aliphatic heterocycles. The Balaban J connectivity index is 1.93. The predicted octanol–water partition coefficient (Wildman–Crippen LogP) is 0.708. The second-order valence-electron chi connectivity index (χ2n) is 4.31. The summed E-state index contributed by atoms with van der Waals surface area (Å²) in [6, 6.07) is 0.461. The van der Waals surface area contributed by atoms with Gasteiger partial charge in [0.2, 0.25) is 5.95 Å². The maximum atomic E-state index is 5.68. The highest BCUT2D eigenvalue weighted by Crippen LogP contribution is 2.14. The lowest BCUT2D eigenvalue weighted by molar-refractivity contribution is 0.200. The molecule has 2 heterocycles. The molecule has 0 saturated carbocycles. The third-order valence-corrected chi connectivity index (χ3v) is 3.58. The van der Waals surface area contributed by atoms with Crippen LogP contribution in [0.2, 0.25) is 0 Å². The standard InChI is InChI=1S/C11H18BrN5/c1-9(6-13)16-2-4-17(5-3-16)11-14-7-10(12)8-15-11/h7-9H,2-6,13H2,1H3. The van der Waals surface area contributed by atoms with E-state index >= 15 is 0 Å². The average molecular weight is 300 g/mol. The molecule has 1 saturated heterocycles. The Morgan fingerprint density at radius 3 is 2.41 bits per heavy atom. The molecule has 0 aromatic carbocycles. The van der Waals surface area contributed by atoms with Gasteiger partial charge in [-0.15, -0.1) is 0 Å². The Hall–Kier alpha value is -0.720. The van der Waals surface area contributed by atoms with E-state index in [1.807, 2.05) is 0 Å². The van der Waals surface area contributed by atoms with Crippen molar-refractivity contribution >= 4 is 21.9 Å². The van der Waals surface area contributed by atoms with Gasteiger partial charge in [0.05, 0.1) is 4.47 Å². The first kappa shape index (κ1) is 12.7. The maximum absolute atomic E-state index is 5.68. The van der Waals surface area contributed by atoms with E-state index in [0.717, 1.165) is 43.1 Å². The summed E-state index contributed by atoms with van der Waals surface area (Å²) in [6.07, 6.45) is 3.58. The SMILES string of the molecule is CC(CN)N1CCN(c2ncc(Br)cn2)CC1. The van der Waals surface area contributed by atoms with Gasteiger partial charge in [-0.1, -0.05) is 0 Å². The first-order valence-electron chi connectivity index (χ1n) is 5.87. The van der Waals surface area contributed by atoms with Crippen molar-refractivity contribution in [3.63, 3.8) is 0 Å². The van der Waals surface area contributed by atoms with Gasteiger partial charge < -0.3 is 10.6 Å². The maximum Gasteiger partial charge on any atom is 0.225 e. The molecule has 2 rings (SSSR count). The summed E-state index contributed by atoms with van der Waals surface area (Å²) in [5.74, 6) is 0.813. The van der Waals surface area contributed by atoms with Crippen LogP contribution in [0, 0.1) is 0 Å². The minimum absolute atomic E-state index is 0.461. The fourth-order valence-corrected chi connectivity index (χ4v) is 2.19. The second kappa shape index (κ2) is 5.75. The molecule has 0 aliphatic carbocycles. The van der Waals surface area contributed by atoms with Crippen LogP contribution < -0.4 is 10.6 Å². The Bertz CT molecular complexity index is 347. The molecule has 0 radical (unpaired) electrons. The zero-order chi connectivity index (χ0) is 12.3. The molecule has 17 heavy (non-hydrogen) atoms. The number of nitrogens with two attached hydrogens (primary N) is 1. The zero-order valence-electron chi connectivity index (χ0n) is 10.0.